The van der Waals surface area contributed by atoms with Crippen LogP contribution in [-0.2, 0) is 6.54 Å². The normalized spacial score (nSPS) is 15.6. The van der Waals surface area contributed by atoms with E-state index in [4.69, 9.17) is 9.15 Å². The average Bonchev–Trinajstić information content (AvgIpc) is 3.36. The highest BCUT2D eigenvalue weighted by Crippen LogP contribution is 2.47. The third kappa shape index (κ3) is 4.23. The van der Waals surface area contributed by atoms with Crippen molar-refractivity contribution in [3.05, 3.63) is 47.5 Å². The van der Waals surface area contributed by atoms with E-state index in [1.807, 2.05) is 9.24 Å². The van der Waals surface area contributed by atoms with E-state index in [0.717, 1.165) is 18.4 Å². The molecule has 0 spiro atoms. The van der Waals surface area contributed by atoms with Crippen molar-refractivity contribution in [1.82, 2.24) is 15.3 Å². The minimum absolute atomic E-state index is 0.0280. The van der Waals surface area contributed by atoms with Crippen molar-refractivity contribution < 1.29 is 18.3 Å². The first kappa shape index (κ1) is 21.2. The van der Waals surface area contributed by atoms with Gasteiger partial charge >= 0.3 is 0 Å². The molecule has 158 valence electrons. The third-order valence-electron chi connectivity index (χ3n) is 5.13. The summed E-state index contributed by atoms with van der Waals surface area (Å²) in [5, 5.41) is 3.54. The SMILES string of the molecule is Cc1oc2ncnc(N(I)C3(C)CC3)c2c1C(=O)NCc1ccc(OC(F)P)cc1. The van der Waals surface area contributed by atoms with E-state index >= 15 is 0 Å². The number of ether oxygens (including phenoxy) is 1. The number of halogens is 2. The van der Waals surface area contributed by atoms with Gasteiger partial charge in [0.25, 0.3) is 5.91 Å². The Bertz CT molecular complexity index is 1090. The number of fused-ring (bicyclic) bond motifs is 1. The largest absolute Gasteiger partial charge is 0.457 e. The van der Waals surface area contributed by atoms with E-state index in [2.05, 4.69) is 48.2 Å². The van der Waals surface area contributed by atoms with E-state index in [0.29, 0.717) is 40.5 Å². The predicted octanol–water partition coefficient (Wildman–Crippen LogP) is 4.68. The van der Waals surface area contributed by atoms with Crippen molar-refractivity contribution >= 4 is 54.9 Å². The van der Waals surface area contributed by atoms with Crippen molar-refractivity contribution in [3.63, 3.8) is 0 Å². The van der Waals surface area contributed by atoms with Crippen molar-refractivity contribution in [2.75, 3.05) is 3.11 Å². The second-order valence-electron chi connectivity index (χ2n) is 7.48. The Balaban J connectivity index is 1.56. The molecule has 1 amide bonds. The number of anilines is 1. The van der Waals surface area contributed by atoms with Gasteiger partial charge in [-0.25, -0.2) is 9.97 Å². The molecule has 1 fully saturated rings. The number of furan rings is 1. The summed E-state index contributed by atoms with van der Waals surface area (Å²) in [6, 6.07) is 6.87. The third-order valence-corrected chi connectivity index (χ3v) is 6.89. The molecule has 0 bridgehead atoms. The molecule has 4 rings (SSSR count). The van der Waals surface area contributed by atoms with E-state index in [1.54, 1.807) is 31.2 Å². The summed E-state index contributed by atoms with van der Waals surface area (Å²) < 4.78 is 25.7. The molecule has 1 N–H and O–H groups in total. The summed E-state index contributed by atoms with van der Waals surface area (Å²) in [5.74, 6) is 1.33. The minimum Gasteiger partial charge on any atom is -0.457 e. The monoisotopic (exact) mass is 542 g/mol. The van der Waals surface area contributed by atoms with Crippen molar-refractivity contribution in [3.8, 4) is 5.75 Å². The van der Waals surface area contributed by atoms with Crippen LogP contribution in [0.3, 0.4) is 0 Å². The number of carbonyl (C=O) groups excluding carboxylic acids is 1. The molecule has 2 atom stereocenters. The second-order valence-corrected chi connectivity index (χ2v) is 8.97. The summed E-state index contributed by atoms with van der Waals surface area (Å²) in [6.07, 6.45) is 2.14. The summed E-state index contributed by atoms with van der Waals surface area (Å²) >= 11 is 2.25. The molecule has 1 aliphatic rings. The number of aromatic nitrogens is 2. The molecule has 7 nitrogen and oxygen atoms in total. The van der Waals surface area contributed by atoms with Gasteiger partial charge in [-0.05, 0) is 44.4 Å². The highest BCUT2D eigenvalue weighted by atomic mass is 127. The van der Waals surface area contributed by atoms with Crippen molar-refractivity contribution in [1.29, 1.82) is 0 Å². The lowest BCUT2D eigenvalue weighted by Crippen LogP contribution is -2.27. The van der Waals surface area contributed by atoms with Crippen LogP contribution in [0.25, 0.3) is 11.1 Å². The van der Waals surface area contributed by atoms with Crippen LogP contribution in [-0.4, -0.2) is 27.5 Å². The Hall–Kier alpha value is -2.00. The Morgan fingerprint density at radius 2 is 2.10 bits per heavy atom. The van der Waals surface area contributed by atoms with Crippen LogP contribution in [0.1, 0.15) is 41.4 Å². The van der Waals surface area contributed by atoms with Crippen LogP contribution in [0, 0.1) is 6.92 Å². The van der Waals surface area contributed by atoms with E-state index in [9.17, 15) is 9.18 Å². The molecular formula is C20H21FIN4O3P. The molecule has 10 heteroatoms. The lowest BCUT2D eigenvalue weighted by atomic mass is 10.1. The highest BCUT2D eigenvalue weighted by molar-refractivity contribution is 14.1. The van der Waals surface area contributed by atoms with Crippen LogP contribution >= 0.6 is 32.1 Å². The molecule has 0 saturated heterocycles. The van der Waals surface area contributed by atoms with Crippen LogP contribution in [0.5, 0.6) is 5.75 Å². The molecule has 2 unspecified atom stereocenters. The zero-order valence-corrected chi connectivity index (χ0v) is 19.8. The second kappa shape index (κ2) is 8.26. The first-order chi connectivity index (χ1) is 14.3. The fraction of sp³-hybridized carbons (Fsp3) is 0.350. The van der Waals surface area contributed by atoms with Crippen LogP contribution in [0.15, 0.2) is 35.0 Å². The Morgan fingerprint density at radius 3 is 2.73 bits per heavy atom. The quantitative estimate of drug-likeness (QED) is 0.266. The first-order valence-electron chi connectivity index (χ1n) is 9.42. The van der Waals surface area contributed by atoms with Crippen molar-refractivity contribution in [2.45, 2.75) is 44.9 Å². The molecule has 1 saturated carbocycles. The lowest BCUT2D eigenvalue weighted by Gasteiger charge is -2.23. The number of nitrogens with zero attached hydrogens (tertiary/aromatic N) is 3. The maximum Gasteiger partial charge on any atom is 0.255 e. The maximum atomic E-state index is 13.0. The number of alkyl halides is 1. The smallest absolute Gasteiger partial charge is 0.255 e. The maximum absolute atomic E-state index is 13.0. The highest BCUT2D eigenvalue weighted by Gasteiger charge is 2.44. The number of aryl methyl sites for hydroxylation is 1. The fourth-order valence-electron chi connectivity index (χ4n) is 3.17. The van der Waals surface area contributed by atoms with Gasteiger partial charge in [0.1, 0.15) is 17.8 Å². The van der Waals surface area contributed by atoms with Crippen LogP contribution < -0.4 is 13.2 Å². The number of carbonyl (C=O) groups is 1. The molecule has 2 heterocycles. The van der Waals surface area contributed by atoms with Gasteiger partial charge in [0, 0.05) is 12.1 Å². The number of hydrogen-bond acceptors (Lipinski definition) is 6. The molecule has 30 heavy (non-hydrogen) atoms. The standard InChI is InChI=1S/C20H21FIN4O3P/c1-11-14(17(27)23-9-12-3-5-13(6-4-12)29-19(21)30)15-16(24-10-25-18(15)28-11)26(22)20(2)7-8-20/h3-6,10,19H,7-9,30H2,1-2H3,(H,23,27). The van der Waals surface area contributed by atoms with Gasteiger partial charge in [-0.1, -0.05) is 21.4 Å². The van der Waals surface area contributed by atoms with E-state index < -0.39 is 6.10 Å². The predicted molar refractivity (Wildman–Crippen MR) is 124 cm³/mol. The Morgan fingerprint density at radius 1 is 1.40 bits per heavy atom. The Kier molecular flexibility index (Phi) is 5.85. The summed E-state index contributed by atoms with van der Waals surface area (Å²) in [4.78, 5) is 21.7. The van der Waals surface area contributed by atoms with Gasteiger partial charge in [0.15, 0.2) is 5.82 Å². The summed E-state index contributed by atoms with van der Waals surface area (Å²) in [5.41, 5.74) is 1.72. The van der Waals surface area contributed by atoms with Gasteiger partial charge < -0.3 is 14.5 Å². The number of hydrogen-bond donors (Lipinski definition) is 1. The lowest BCUT2D eigenvalue weighted by molar-refractivity contribution is 0.0951. The topological polar surface area (TPSA) is 80.5 Å². The molecule has 1 aromatic carbocycles. The van der Waals surface area contributed by atoms with Gasteiger partial charge in [0.05, 0.1) is 33.8 Å². The number of amides is 1. The van der Waals surface area contributed by atoms with E-state index in [-0.39, 0.29) is 11.4 Å². The molecular weight excluding hydrogens is 521 g/mol. The van der Waals surface area contributed by atoms with Crippen LogP contribution in [0.4, 0.5) is 10.2 Å². The van der Waals surface area contributed by atoms with E-state index in [1.165, 1.54) is 6.33 Å². The number of benzene rings is 1. The molecule has 1 aliphatic carbocycles. The first-order valence-corrected chi connectivity index (χ1v) is 11.1. The number of rotatable bonds is 7. The average molecular weight is 542 g/mol. The fourth-order valence-corrected chi connectivity index (χ4v) is 4.18. The zero-order valence-electron chi connectivity index (χ0n) is 16.5. The Labute approximate surface area is 189 Å². The molecule has 2 aromatic heterocycles. The van der Waals surface area contributed by atoms with Gasteiger partial charge in [-0.2, -0.15) is 4.39 Å². The van der Waals surface area contributed by atoms with Crippen molar-refractivity contribution in [2.24, 2.45) is 0 Å². The summed E-state index contributed by atoms with van der Waals surface area (Å²) in [7, 11) is 1.93. The molecule has 3 aromatic rings. The van der Waals surface area contributed by atoms with Gasteiger partial charge in [-0.3, -0.25) is 7.91 Å². The minimum atomic E-state index is -1.46. The van der Waals surface area contributed by atoms with Crippen LogP contribution in [0.2, 0.25) is 0 Å². The summed E-state index contributed by atoms with van der Waals surface area (Å²) in [6.45, 7) is 4.22. The zero-order chi connectivity index (χ0) is 21.5. The molecule has 0 radical (unpaired) electrons. The van der Waals surface area contributed by atoms with Gasteiger partial charge in [-0.15, -0.1) is 0 Å². The van der Waals surface area contributed by atoms with Gasteiger partial charge in [0.2, 0.25) is 11.8 Å². The molecule has 0 aliphatic heterocycles. The number of nitrogens with one attached hydrogen (secondary N) is 1.